The minimum atomic E-state index is -0.0525. The molecule has 0 radical (unpaired) electrons. The average molecular weight is 264 g/mol. The van der Waals surface area contributed by atoms with Crippen LogP contribution in [-0.4, -0.2) is 20.0 Å². The van der Waals surface area contributed by atoms with Crippen molar-refractivity contribution in [3.63, 3.8) is 0 Å². The highest BCUT2D eigenvalue weighted by Crippen LogP contribution is 2.46. The molecule has 2 rings (SSSR count). The number of fused-ring (bicyclic) bond motifs is 2. The Bertz CT molecular complexity index is 377. The highest BCUT2D eigenvalue weighted by molar-refractivity contribution is 5.44. The highest BCUT2D eigenvalue weighted by atomic mass is 16.7. The lowest BCUT2D eigenvalue weighted by Crippen LogP contribution is -2.21. The molecule has 0 amide bonds. The zero-order chi connectivity index (χ0) is 13.9. The molecule has 2 bridgehead atoms. The van der Waals surface area contributed by atoms with E-state index in [9.17, 15) is 0 Å². The number of hydrogen-bond acceptors (Lipinski definition) is 2. The van der Waals surface area contributed by atoms with Crippen LogP contribution in [0.25, 0.3) is 0 Å². The van der Waals surface area contributed by atoms with Crippen LogP contribution >= 0.6 is 0 Å². The minimum Gasteiger partial charge on any atom is -0.356 e. The molecule has 108 valence electrons. The summed E-state index contributed by atoms with van der Waals surface area (Å²) in [5, 5.41) is 0. The maximum Gasteiger partial charge on any atom is 0.157 e. The summed E-state index contributed by atoms with van der Waals surface area (Å²) >= 11 is 0. The highest BCUT2D eigenvalue weighted by Gasteiger charge is 2.31. The zero-order valence-electron chi connectivity index (χ0n) is 12.9. The summed E-state index contributed by atoms with van der Waals surface area (Å²) in [4.78, 5) is 0. The van der Waals surface area contributed by atoms with Gasteiger partial charge in [0.25, 0.3) is 0 Å². The van der Waals surface area contributed by atoms with Gasteiger partial charge in [-0.15, -0.1) is 0 Å². The Kier molecular flexibility index (Phi) is 4.86. The molecule has 0 spiro atoms. The molecule has 1 unspecified atom stereocenters. The lowest BCUT2D eigenvalue weighted by molar-refractivity contribution is -0.126. The third-order valence-electron chi connectivity index (χ3n) is 4.50. The molecular formula is C17H28O2. The van der Waals surface area contributed by atoms with Gasteiger partial charge in [-0.25, -0.2) is 0 Å². The smallest absolute Gasteiger partial charge is 0.157 e. The fraction of sp³-hybridized carbons (Fsp3) is 0.765. The Morgan fingerprint density at radius 1 is 1.32 bits per heavy atom. The van der Waals surface area contributed by atoms with Crippen molar-refractivity contribution >= 4 is 0 Å². The Morgan fingerprint density at radius 3 is 2.74 bits per heavy atom. The van der Waals surface area contributed by atoms with Gasteiger partial charge in [-0.05, 0) is 56.4 Å². The van der Waals surface area contributed by atoms with Gasteiger partial charge in [0.2, 0.25) is 0 Å². The lowest BCUT2D eigenvalue weighted by Gasteiger charge is -2.29. The summed E-state index contributed by atoms with van der Waals surface area (Å²) in [6.07, 6.45) is 9.72. The maximum atomic E-state index is 5.58. The molecule has 1 fully saturated rings. The summed E-state index contributed by atoms with van der Waals surface area (Å²) < 4.78 is 11.0. The molecule has 2 heteroatoms. The van der Waals surface area contributed by atoms with Gasteiger partial charge in [-0.3, -0.25) is 0 Å². The summed E-state index contributed by atoms with van der Waals surface area (Å²) in [7, 11) is 1.74. The molecule has 1 atom stereocenters. The predicted octanol–water partition coefficient (Wildman–Crippen LogP) is 4.61. The van der Waals surface area contributed by atoms with Gasteiger partial charge in [0.05, 0.1) is 0 Å². The lowest BCUT2D eigenvalue weighted by atomic mass is 9.78. The van der Waals surface area contributed by atoms with E-state index in [1.54, 1.807) is 23.8 Å². The second-order valence-electron chi connectivity index (χ2n) is 6.39. The third-order valence-corrected chi connectivity index (χ3v) is 4.50. The van der Waals surface area contributed by atoms with E-state index in [0.717, 1.165) is 19.4 Å². The zero-order valence-corrected chi connectivity index (χ0v) is 12.9. The number of allylic oxidation sites excluding steroid dienone is 4. The second-order valence-corrected chi connectivity index (χ2v) is 6.39. The summed E-state index contributed by atoms with van der Waals surface area (Å²) in [5.41, 5.74) is 5.19. The van der Waals surface area contributed by atoms with Crippen molar-refractivity contribution in [2.75, 3.05) is 13.7 Å². The fourth-order valence-corrected chi connectivity index (χ4v) is 3.38. The van der Waals surface area contributed by atoms with E-state index in [-0.39, 0.29) is 11.7 Å². The van der Waals surface area contributed by atoms with Gasteiger partial charge >= 0.3 is 0 Å². The first-order valence-corrected chi connectivity index (χ1v) is 7.63. The minimum absolute atomic E-state index is 0.0525. The molecule has 2 aliphatic rings. The van der Waals surface area contributed by atoms with E-state index in [1.165, 1.54) is 25.7 Å². The van der Waals surface area contributed by atoms with Gasteiger partial charge < -0.3 is 9.47 Å². The first kappa shape index (κ1) is 14.8. The van der Waals surface area contributed by atoms with Crippen molar-refractivity contribution in [1.29, 1.82) is 0 Å². The largest absolute Gasteiger partial charge is 0.356 e. The van der Waals surface area contributed by atoms with Crippen LogP contribution in [0.15, 0.2) is 22.8 Å². The van der Waals surface area contributed by atoms with Crippen LogP contribution in [-0.2, 0) is 9.47 Å². The van der Waals surface area contributed by atoms with Gasteiger partial charge in [-0.1, -0.05) is 31.1 Å². The van der Waals surface area contributed by atoms with Crippen LogP contribution in [0.5, 0.6) is 0 Å². The van der Waals surface area contributed by atoms with Crippen molar-refractivity contribution in [3.05, 3.63) is 22.8 Å². The van der Waals surface area contributed by atoms with Crippen molar-refractivity contribution in [1.82, 2.24) is 0 Å². The monoisotopic (exact) mass is 264 g/mol. The third kappa shape index (κ3) is 3.49. The predicted molar refractivity (Wildman–Crippen MR) is 79.0 cm³/mol. The maximum absolute atomic E-state index is 5.58. The molecule has 1 saturated carbocycles. The first-order chi connectivity index (χ1) is 9.06. The van der Waals surface area contributed by atoms with E-state index in [4.69, 9.17) is 9.47 Å². The SMILES string of the molecule is CCOC(CCC(C)(C)C1=C2CCCC(=C1)C2)OC. The first-order valence-electron chi connectivity index (χ1n) is 7.63. The summed E-state index contributed by atoms with van der Waals surface area (Å²) in [6, 6.07) is 0. The fourth-order valence-electron chi connectivity index (χ4n) is 3.38. The number of rotatable bonds is 7. The topological polar surface area (TPSA) is 18.5 Å². The number of ether oxygens (including phenoxy) is 2. The molecule has 0 aromatic rings. The van der Waals surface area contributed by atoms with Crippen LogP contribution < -0.4 is 0 Å². The Labute approximate surface area is 117 Å². The standard InChI is InChI=1S/C17H28O2/c1-5-19-16(18-4)9-10-17(2,3)15-12-13-7-6-8-14(15)11-13/h12,16H,5-11H2,1-4H3. The molecule has 0 aromatic heterocycles. The Morgan fingerprint density at radius 2 is 2.11 bits per heavy atom. The van der Waals surface area contributed by atoms with E-state index in [0.29, 0.717) is 0 Å². The molecule has 0 saturated heterocycles. The quantitative estimate of drug-likeness (QED) is 0.625. The Balaban J connectivity index is 1.98. The molecule has 0 N–H and O–H groups in total. The van der Waals surface area contributed by atoms with Crippen molar-refractivity contribution in [2.24, 2.45) is 5.41 Å². The molecule has 0 aromatic carbocycles. The number of hydrogen-bond donors (Lipinski definition) is 0. The van der Waals surface area contributed by atoms with E-state index < -0.39 is 0 Å². The Hall–Kier alpha value is -0.600. The molecule has 2 aliphatic carbocycles. The molecular weight excluding hydrogens is 236 g/mol. The normalized spacial score (nSPS) is 20.7. The van der Waals surface area contributed by atoms with Gasteiger partial charge in [0.15, 0.2) is 6.29 Å². The number of methoxy groups -OCH3 is 1. The molecule has 0 heterocycles. The van der Waals surface area contributed by atoms with Crippen molar-refractivity contribution in [2.45, 2.75) is 65.6 Å². The van der Waals surface area contributed by atoms with Crippen LogP contribution in [0.1, 0.15) is 59.3 Å². The van der Waals surface area contributed by atoms with Crippen molar-refractivity contribution in [3.8, 4) is 0 Å². The van der Waals surface area contributed by atoms with Crippen molar-refractivity contribution < 1.29 is 9.47 Å². The van der Waals surface area contributed by atoms with Gasteiger partial charge in [0, 0.05) is 13.7 Å². The second kappa shape index (κ2) is 6.23. The molecule has 0 aliphatic heterocycles. The van der Waals surface area contributed by atoms with E-state index >= 15 is 0 Å². The van der Waals surface area contributed by atoms with E-state index in [2.05, 4.69) is 19.9 Å². The van der Waals surface area contributed by atoms with Gasteiger partial charge in [-0.2, -0.15) is 0 Å². The van der Waals surface area contributed by atoms with Crippen LogP contribution in [0.3, 0.4) is 0 Å². The van der Waals surface area contributed by atoms with Crippen LogP contribution in [0, 0.1) is 5.41 Å². The van der Waals surface area contributed by atoms with Crippen LogP contribution in [0.4, 0.5) is 0 Å². The molecule has 2 nitrogen and oxygen atoms in total. The van der Waals surface area contributed by atoms with Crippen LogP contribution in [0.2, 0.25) is 0 Å². The van der Waals surface area contributed by atoms with Gasteiger partial charge in [0.1, 0.15) is 0 Å². The van der Waals surface area contributed by atoms with E-state index in [1.807, 2.05) is 6.92 Å². The average Bonchev–Trinajstić information content (AvgIpc) is 2.70. The summed E-state index contributed by atoms with van der Waals surface area (Å²) in [6.45, 7) is 7.47. The summed E-state index contributed by atoms with van der Waals surface area (Å²) in [5.74, 6) is 0. The molecule has 19 heavy (non-hydrogen) atoms.